The Morgan fingerprint density at radius 3 is 2.46 bits per heavy atom. The summed E-state index contributed by atoms with van der Waals surface area (Å²) in [5.74, 6) is 0.0668. The van der Waals surface area contributed by atoms with Gasteiger partial charge in [-0.25, -0.2) is 4.68 Å². The molecule has 1 aliphatic heterocycles. The summed E-state index contributed by atoms with van der Waals surface area (Å²) < 4.78 is 1.57. The van der Waals surface area contributed by atoms with Gasteiger partial charge in [0.05, 0.1) is 0 Å². The maximum atomic E-state index is 13.2. The highest BCUT2D eigenvalue weighted by atomic mass is 16.2. The zero-order valence-electron chi connectivity index (χ0n) is 15.6. The van der Waals surface area contributed by atoms with Crippen LogP contribution >= 0.6 is 0 Å². The lowest BCUT2D eigenvalue weighted by atomic mass is 10.0. The van der Waals surface area contributed by atoms with Gasteiger partial charge < -0.3 is 4.90 Å². The van der Waals surface area contributed by atoms with E-state index in [9.17, 15) is 4.79 Å². The van der Waals surface area contributed by atoms with E-state index in [-0.39, 0.29) is 5.91 Å². The summed E-state index contributed by atoms with van der Waals surface area (Å²) in [5, 5.41) is 11.4. The first-order valence-corrected chi connectivity index (χ1v) is 9.46. The van der Waals surface area contributed by atoms with Crippen molar-refractivity contribution in [3.63, 3.8) is 0 Å². The van der Waals surface area contributed by atoms with Crippen molar-refractivity contribution in [1.82, 2.24) is 35.0 Å². The van der Waals surface area contributed by atoms with Crippen LogP contribution in [0.25, 0.3) is 0 Å². The molecule has 3 heterocycles. The number of hydrogen-bond donors (Lipinski definition) is 0. The number of piperazine rings is 1. The van der Waals surface area contributed by atoms with Gasteiger partial charge in [-0.3, -0.25) is 14.7 Å². The first-order valence-electron chi connectivity index (χ1n) is 9.46. The van der Waals surface area contributed by atoms with E-state index in [1.165, 1.54) is 11.9 Å². The first kappa shape index (κ1) is 18.2. The summed E-state index contributed by atoms with van der Waals surface area (Å²) in [6.45, 7) is 3.94. The molecule has 3 aromatic rings. The second-order valence-corrected chi connectivity index (χ2v) is 6.96. The van der Waals surface area contributed by atoms with Crippen molar-refractivity contribution in [2.24, 2.45) is 0 Å². The van der Waals surface area contributed by atoms with E-state index in [4.69, 9.17) is 0 Å². The minimum atomic E-state index is -0.428. The third-order valence-electron chi connectivity index (χ3n) is 5.05. The van der Waals surface area contributed by atoms with Gasteiger partial charge in [0.2, 0.25) is 5.91 Å². The summed E-state index contributed by atoms with van der Waals surface area (Å²) in [5.41, 5.74) is 2.28. The number of carbonyl (C=O) groups excluding carboxylic acids is 1. The minimum Gasteiger partial charge on any atom is -0.338 e. The van der Waals surface area contributed by atoms with Crippen LogP contribution in [0.1, 0.15) is 17.2 Å². The van der Waals surface area contributed by atoms with Crippen molar-refractivity contribution < 1.29 is 4.79 Å². The van der Waals surface area contributed by atoms with Crippen LogP contribution in [0, 0.1) is 0 Å². The van der Waals surface area contributed by atoms with E-state index in [1.807, 2.05) is 47.5 Å². The van der Waals surface area contributed by atoms with Gasteiger partial charge >= 0.3 is 0 Å². The fourth-order valence-corrected chi connectivity index (χ4v) is 3.53. The second-order valence-electron chi connectivity index (χ2n) is 6.96. The van der Waals surface area contributed by atoms with Crippen molar-refractivity contribution in [2.45, 2.75) is 19.0 Å². The fourth-order valence-electron chi connectivity index (χ4n) is 3.53. The molecule has 0 bridgehead atoms. The molecule has 0 saturated carbocycles. The molecule has 1 aliphatic rings. The van der Waals surface area contributed by atoms with Crippen LogP contribution in [0.4, 0.5) is 0 Å². The van der Waals surface area contributed by atoms with E-state index >= 15 is 0 Å². The van der Waals surface area contributed by atoms with Crippen LogP contribution < -0.4 is 0 Å². The number of rotatable bonds is 6. The molecule has 1 saturated heterocycles. The third-order valence-corrected chi connectivity index (χ3v) is 5.05. The molecule has 0 N–H and O–H groups in total. The van der Waals surface area contributed by atoms with E-state index in [0.29, 0.717) is 19.5 Å². The number of benzene rings is 1. The molecule has 4 rings (SSSR count). The standard InChI is InChI=1S/C20H23N7O/c28-20(19(27-16-22-23-24-27)13-17-5-2-1-3-6-17)26-11-9-25(10-12-26)15-18-7-4-8-21-14-18/h1-8,14,16,19H,9-13,15H2. The second kappa shape index (κ2) is 8.71. The Morgan fingerprint density at radius 2 is 1.79 bits per heavy atom. The molecule has 0 radical (unpaired) electrons. The number of pyridine rings is 1. The molecule has 28 heavy (non-hydrogen) atoms. The molecule has 1 aromatic carbocycles. The normalized spacial score (nSPS) is 16.1. The van der Waals surface area contributed by atoms with E-state index < -0.39 is 6.04 Å². The number of aromatic nitrogens is 5. The number of tetrazole rings is 1. The maximum absolute atomic E-state index is 13.2. The zero-order chi connectivity index (χ0) is 19.2. The maximum Gasteiger partial charge on any atom is 0.248 e. The highest BCUT2D eigenvalue weighted by Gasteiger charge is 2.29. The lowest BCUT2D eigenvalue weighted by Gasteiger charge is -2.36. The Labute approximate surface area is 163 Å². The summed E-state index contributed by atoms with van der Waals surface area (Å²) in [4.78, 5) is 21.7. The topological polar surface area (TPSA) is 80.0 Å². The van der Waals surface area contributed by atoms with Crippen molar-refractivity contribution in [2.75, 3.05) is 26.2 Å². The molecule has 1 amide bonds. The number of nitrogens with zero attached hydrogens (tertiary/aromatic N) is 7. The lowest BCUT2D eigenvalue weighted by Crippen LogP contribution is -2.50. The van der Waals surface area contributed by atoms with Crippen LogP contribution in [-0.4, -0.2) is 67.1 Å². The van der Waals surface area contributed by atoms with Crippen LogP contribution in [-0.2, 0) is 17.8 Å². The van der Waals surface area contributed by atoms with Gasteiger partial charge in [0.1, 0.15) is 12.4 Å². The van der Waals surface area contributed by atoms with Gasteiger partial charge in [0.15, 0.2) is 0 Å². The molecular weight excluding hydrogens is 354 g/mol. The average Bonchev–Trinajstić information content (AvgIpc) is 3.28. The Kier molecular flexibility index (Phi) is 5.67. The van der Waals surface area contributed by atoms with Crippen molar-refractivity contribution in [3.8, 4) is 0 Å². The van der Waals surface area contributed by atoms with Gasteiger partial charge in [-0.15, -0.1) is 5.10 Å². The van der Waals surface area contributed by atoms with Crippen LogP contribution in [0.2, 0.25) is 0 Å². The number of hydrogen-bond acceptors (Lipinski definition) is 6. The molecule has 8 heteroatoms. The summed E-state index contributed by atoms with van der Waals surface area (Å²) in [6.07, 6.45) is 5.77. The number of amides is 1. The summed E-state index contributed by atoms with van der Waals surface area (Å²) in [7, 11) is 0. The van der Waals surface area contributed by atoms with Crippen molar-refractivity contribution in [3.05, 3.63) is 72.3 Å². The smallest absolute Gasteiger partial charge is 0.248 e. The average molecular weight is 377 g/mol. The van der Waals surface area contributed by atoms with Crippen molar-refractivity contribution >= 4 is 5.91 Å². The molecule has 2 aromatic heterocycles. The Bertz CT molecular complexity index is 862. The van der Waals surface area contributed by atoms with Gasteiger partial charge in [0.25, 0.3) is 0 Å². The van der Waals surface area contributed by atoms with Gasteiger partial charge in [-0.1, -0.05) is 36.4 Å². The zero-order valence-corrected chi connectivity index (χ0v) is 15.6. The lowest BCUT2D eigenvalue weighted by molar-refractivity contribution is -0.137. The molecule has 1 unspecified atom stereocenters. The predicted molar refractivity (Wildman–Crippen MR) is 103 cm³/mol. The minimum absolute atomic E-state index is 0.0668. The highest BCUT2D eigenvalue weighted by molar-refractivity contribution is 5.80. The SMILES string of the molecule is O=C(C(Cc1ccccc1)n1cnnn1)N1CCN(Cc2cccnc2)CC1. The predicted octanol–water partition coefficient (Wildman–Crippen LogP) is 1.20. The Hall–Kier alpha value is -3.13. The van der Waals surface area contributed by atoms with E-state index in [1.54, 1.807) is 10.9 Å². The molecule has 0 spiro atoms. The third kappa shape index (κ3) is 4.40. The summed E-state index contributed by atoms with van der Waals surface area (Å²) in [6, 6.07) is 13.6. The largest absolute Gasteiger partial charge is 0.338 e. The fraction of sp³-hybridized carbons (Fsp3) is 0.350. The molecule has 1 atom stereocenters. The molecule has 0 aliphatic carbocycles. The van der Waals surface area contributed by atoms with Gasteiger partial charge in [0, 0.05) is 51.5 Å². The van der Waals surface area contributed by atoms with Crippen molar-refractivity contribution in [1.29, 1.82) is 0 Å². The molecular formula is C20H23N7O. The number of carbonyl (C=O) groups is 1. The Balaban J connectivity index is 1.40. The monoisotopic (exact) mass is 377 g/mol. The molecule has 144 valence electrons. The molecule has 8 nitrogen and oxygen atoms in total. The van der Waals surface area contributed by atoms with Gasteiger partial charge in [-0.2, -0.15) is 0 Å². The quantitative estimate of drug-likeness (QED) is 0.642. The van der Waals surface area contributed by atoms with Crippen LogP contribution in [0.5, 0.6) is 0 Å². The Morgan fingerprint density at radius 1 is 1.00 bits per heavy atom. The van der Waals surface area contributed by atoms with Crippen LogP contribution in [0.15, 0.2) is 61.2 Å². The van der Waals surface area contributed by atoms with Gasteiger partial charge in [-0.05, 0) is 27.6 Å². The first-order chi connectivity index (χ1) is 13.8. The molecule has 1 fully saturated rings. The van der Waals surface area contributed by atoms with Crippen LogP contribution in [0.3, 0.4) is 0 Å². The highest BCUT2D eigenvalue weighted by Crippen LogP contribution is 2.18. The van der Waals surface area contributed by atoms with E-state index in [0.717, 1.165) is 25.2 Å². The van der Waals surface area contributed by atoms with E-state index in [2.05, 4.69) is 31.5 Å². The summed E-state index contributed by atoms with van der Waals surface area (Å²) >= 11 is 0.